The predicted molar refractivity (Wildman–Crippen MR) is 91.2 cm³/mol. The molecule has 1 aromatic carbocycles. The number of rotatable bonds is 4. The van der Waals surface area contributed by atoms with Crippen LogP contribution in [-0.2, 0) is 19.4 Å². The summed E-state index contributed by atoms with van der Waals surface area (Å²) < 4.78 is 5.37. The Kier molecular flexibility index (Phi) is 4.34. The third kappa shape index (κ3) is 3.36. The van der Waals surface area contributed by atoms with Crippen LogP contribution in [0, 0.1) is 0 Å². The lowest BCUT2D eigenvalue weighted by Gasteiger charge is -2.14. The van der Waals surface area contributed by atoms with Crippen LogP contribution in [0.15, 0.2) is 53.2 Å². The zero-order valence-corrected chi connectivity index (χ0v) is 13.5. The summed E-state index contributed by atoms with van der Waals surface area (Å²) in [4.78, 5) is 8.98. The Hall–Kier alpha value is -2.53. The Morgan fingerprint density at radius 1 is 1.04 bits per heavy atom. The second-order valence-electron chi connectivity index (χ2n) is 6.14. The number of nitrogens with zero attached hydrogens (tertiary/aromatic N) is 3. The molecule has 0 saturated heterocycles. The Balaban J connectivity index is 1.35. The molecule has 0 spiro atoms. The van der Waals surface area contributed by atoms with Crippen molar-refractivity contribution in [2.75, 3.05) is 0 Å². The van der Waals surface area contributed by atoms with Crippen molar-refractivity contribution in [2.45, 2.75) is 38.3 Å². The topological polar surface area (TPSA) is 63.8 Å². The summed E-state index contributed by atoms with van der Waals surface area (Å²) in [5, 5.41) is 7.62. The summed E-state index contributed by atoms with van der Waals surface area (Å²) in [6.45, 7) is 0.605. The number of hydrogen-bond acceptors (Lipinski definition) is 5. The first-order valence-corrected chi connectivity index (χ1v) is 8.42. The van der Waals surface area contributed by atoms with E-state index in [9.17, 15) is 0 Å². The van der Waals surface area contributed by atoms with Gasteiger partial charge in [-0.2, -0.15) is 4.98 Å². The number of fused-ring (bicyclic) bond motifs is 1. The molecule has 4 rings (SSSR count). The molecular weight excluding hydrogens is 300 g/mol. The van der Waals surface area contributed by atoms with Crippen molar-refractivity contribution >= 4 is 0 Å². The number of pyridine rings is 1. The van der Waals surface area contributed by atoms with Gasteiger partial charge in [0, 0.05) is 23.5 Å². The van der Waals surface area contributed by atoms with Crippen LogP contribution in [0.1, 0.15) is 30.0 Å². The normalized spacial score (nSPS) is 17.2. The molecule has 0 unspecified atom stereocenters. The van der Waals surface area contributed by atoms with Crippen molar-refractivity contribution in [1.29, 1.82) is 0 Å². The number of nitrogens with one attached hydrogen (secondary N) is 1. The van der Waals surface area contributed by atoms with E-state index in [0.29, 0.717) is 24.3 Å². The van der Waals surface area contributed by atoms with Crippen molar-refractivity contribution in [3.05, 3.63) is 65.8 Å². The average Bonchev–Trinajstić information content (AvgIpc) is 3.02. The second kappa shape index (κ2) is 6.93. The van der Waals surface area contributed by atoms with E-state index >= 15 is 0 Å². The number of aryl methyl sites for hydroxylation is 2. The van der Waals surface area contributed by atoms with E-state index in [1.165, 1.54) is 11.3 Å². The van der Waals surface area contributed by atoms with E-state index < -0.39 is 0 Å². The summed E-state index contributed by atoms with van der Waals surface area (Å²) in [5.41, 5.74) is 3.60. The van der Waals surface area contributed by atoms with Crippen molar-refractivity contribution < 1.29 is 4.52 Å². The maximum atomic E-state index is 5.37. The molecule has 24 heavy (non-hydrogen) atoms. The Morgan fingerprint density at radius 2 is 1.92 bits per heavy atom. The molecule has 122 valence electrons. The van der Waals surface area contributed by atoms with Gasteiger partial charge in [0.25, 0.3) is 0 Å². The molecule has 1 atom stereocenters. The predicted octanol–water partition coefficient (Wildman–Crippen LogP) is 3.17. The maximum absolute atomic E-state index is 5.37. The summed E-state index contributed by atoms with van der Waals surface area (Å²) in [5.74, 6) is 1.28. The molecule has 1 aliphatic carbocycles. The largest absolute Gasteiger partial charge is 0.338 e. The van der Waals surface area contributed by atoms with Crippen LogP contribution in [0.2, 0.25) is 0 Å². The molecule has 1 N–H and O–H groups in total. The van der Waals surface area contributed by atoms with Gasteiger partial charge in [-0.3, -0.25) is 4.98 Å². The molecule has 0 radical (unpaired) electrons. The highest BCUT2D eigenvalue weighted by Gasteiger charge is 2.17. The third-order valence-electron chi connectivity index (χ3n) is 4.52. The SMILES string of the molecule is c1ccc(-c2noc(CN[C@@H]3CCc4cccnc4CC3)n2)cc1. The number of benzene rings is 1. The first-order chi connectivity index (χ1) is 11.9. The van der Waals surface area contributed by atoms with Gasteiger partial charge in [0.1, 0.15) is 0 Å². The summed E-state index contributed by atoms with van der Waals surface area (Å²) >= 11 is 0. The van der Waals surface area contributed by atoms with Crippen LogP contribution in [0.3, 0.4) is 0 Å². The summed E-state index contributed by atoms with van der Waals surface area (Å²) in [6, 6.07) is 14.6. The van der Waals surface area contributed by atoms with Gasteiger partial charge in [-0.05, 0) is 37.3 Å². The molecule has 0 saturated carbocycles. The monoisotopic (exact) mass is 320 g/mol. The van der Waals surface area contributed by atoms with E-state index in [1.54, 1.807) is 0 Å². The molecule has 0 amide bonds. The van der Waals surface area contributed by atoms with Crippen LogP contribution in [0.4, 0.5) is 0 Å². The molecular formula is C19H20N4O. The van der Waals surface area contributed by atoms with Crippen molar-refractivity contribution in [3.8, 4) is 11.4 Å². The zero-order chi connectivity index (χ0) is 16.2. The van der Waals surface area contributed by atoms with Gasteiger partial charge in [0.15, 0.2) is 0 Å². The van der Waals surface area contributed by atoms with Gasteiger partial charge < -0.3 is 9.84 Å². The van der Waals surface area contributed by atoms with Crippen LogP contribution >= 0.6 is 0 Å². The Bertz CT molecular complexity index is 773. The minimum absolute atomic E-state index is 0.450. The lowest BCUT2D eigenvalue weighted by atomic mass is 10.1. The fraction of sp³-hybridized carbons (Fsp3) is 0.316. The van der Waals surface area contributed by atoms with Crippen molar-refractivity contribution in [1.82, 2.24) is 20.4 Å². The highest BCUT2D eigenvalue weighted by Crippen LogP contribution is 2.19. The van der Waals surface area contributed by atoms with E-state index in [0.717, 1.165) is 31.2 Å². The zero-order valence-electron chi connectivity index (χ0n) is 13.5. The van der Waals surface area contributed by atoms with Crippen LogP contribution in [0.25, 0.3) is 11.4 Å². The van der Waals surface area contributed by atoms with Crippen molar-refractivity contribution in [2.24, 2.45) is 0 Å². The molecule has 0 aliphatic heterocycles. The third-order valence-corrected chi connectivity index (χ3v) is 4.52. The highest BCUT2D eigenvalue weighted by molar-refractivity contribution is 5.53. The average molecular weight is 320 g/mol. The molecule has 3 aromatic rings. The van der Waals surface area contributed by atoms with Crippen molar-refractivity contribution in [3.63, 3.8) is 0 Å². The quantitative estimate of drug-likeness (QED) is 0.748. The van der Waals surface area contributed by atoms with E-state index in [4.69, 9.17) is 4.52 Å². The number of hydrogen-bond donors (Lipinski definition) is 1. The molecule has 0 fully saturated rings. The van der Waals surface area contributed by atoms with E-state index in [1.807, 2.05) is 42.6 Å². The summed E-state index contributed by atoms with van der Waals surface area (Å²) in [7, 11) is 0. The van der Waals surface area contributed by atoms with E-state index in [2.05, 4.69) is 26.5 Å². The van der Waals surface area contributed by atoms with Crippen LogP contribution < -0.4 is 5.32 Å². The Morgan fingerprint density at radius 3 is 2.83 bits per heavy atom. The summed E-state index contributed by atoms with van der Waals surface area (Å²) in [6.07, 6.45) is 6.17. The molecule has 1 aliphatic rings. The standard InChI is InChI=1S/C19H20N4O/c1-2-5-15(6-3-1)19-22-18(24-23-19)13-21-16-9-8-14-7-4-12-20-17(14)11-10-16/h1-7,12,16,21H,8-11,13H2/t16-/m1/s1. The first kappa shape index (κ1) is 15.0. The lowest BCUT2D eigenvalue weighted by molar-refractivity contribution is 0.350. The molecule has 2 aromatic heterocycles. The van der Waals surface area contributed by atoms with Crippen LogP contribution in [-0.4, -0.2) is 21.2 Å². The molecule has 5 heteroatoms. The van der Waals surface area contributed by atoms with Gasteiger partial charge in [-0.25, -0.2) is 0 Å². The maximum Gasteiger partial charge on any atom is 0.240 e. The lowest BCUT2D eigenvalue weighted by Crippen LogP contribution is -2.28. The highest BCUT2D eigenvalue weighted by atomic mass is 16.5. The molecule has 0 bridgehead atoms. The van der Waals surface area contributed by atoms with Gasteiger partial charge in [-0.1, -0.05) is 41.6 Å². The van der Waals surface area contributed by atoms with Crippen LogP contribution in [0.5, 0.6) is 0 Å². The molecule has 2 heterocycles. The van der Waals surface area contributed by atoms with Gasteiger partial charge in [0.2, 0.25) is 11.7 Å². The minimum Gasteiger partial charge on any atom is -0.338 e. The fourth-order valence-electron chi connectivity index (χ4n) is 3.18. The second-order valence-corrected chi connectivity index (χ2v) is 6.14. The first-order valence-electron chi connectivity index (χ1n) is 8.42. The smallest absolute Gasteiger partial charge is 0.240 e. The van der Waals surface area contributed by atoms with E-state index in [-0.39, 0.29) is 0 Å². The molecule has 5 nitrogen and oxygen atoms in total. The van der Waals surface area contributed by atoms with Gasteiger partial charge in [-0.15, -0.1) is 0 Å². The number of aromatic nitrogens is 3. The minimum atomic E-state index is 0.450. The van der Waals surface area contributed by atoms with Gasteiger partial charge in [0.05, 0.1) is 6.54 Å². The Labute approximate surface area is 141 Å². The fourth-order valence-corrected chi connectivity index (χ4v) is 3.18. The van der Waals surface area contributed by atoms with Gasteiger partial charge >= 0.3 is 0 Å².